The number of benzene rings is 2. The monoisotopic (exact) mass is 438 g/mol. The highest BCUT2D eigenvalue weighted by Crippen LogP contribution is 2.34. The Morgan fingerprint density at radius 2 is 2.00 bits per heavy atom. The third kappa shape index (κ3) is 4.76. The van der Waals surface area contributed by atoms with E-state index < -0.39 is 5.91 Å². The molecule has 4 nitrogen and oxygen atoms in total. The number of anilines is 1. The summed E-state index contributed by atoms with van der Waals surface area (Å²) in [4.78, 5) is 12.5. The van der Waals surface area contributed by atoms with Crippen LogP contribution in [0.3, 0.4) is 0 Å². The van der Waals surface area contributed by atoms with E-state index in [-0.39, 0.29) is 5.57 Å². The number of nitrogens with one attached hydrogen (secondary N) is 1. The SMILES string of the molecule is COc1c(Br)cc(Cl)cc1/C=C(\C#N)C(=O)Nc1cc(Cl)ccc1C. The van der Waals surface area contributed by atoms with Crippen molar-refractivity contribution in [2.24, 2.45) is 0 Å². The number of carbonyl (C=O) groups excluding carboxylic acids is 1. The molecule has 7 heteroatoms. The Morgan fingerprint density at radius 1 is 1.28 bits per heavy atom. The van der Waals surface area contributed by atoms with E-state index in [9.17, 15) is 10.1 Å². The van der Waals surface area contributed by atoms with Gasteiger partial charge in [-0.2, -0.15) is 5.26 Å². The number of nitrogens with zero attached hydrogens (tertiary/aromatic N) is 1. The average Bonchev–Trinajstić information content (AvgIpc) is 2.55. The van der Waals surface area contributed by atoms with Gasteiger partial charge in [-0.3, -0.25) is 4.79 Å². The molecule has 0 aliphatic rings. The molecule has 2 aromatic carbocycles. The highest BCUT2D eigenvalue weighted by molar-refractivity contribution is 9.10. The van der Waals surface area contributed by atoms with Crippen LogP contribution in [0.5, 0.6) is 5.75 Å². The maximum absolute atomic E-state index is 12.5. The first-order chi connectivity index (χ1) is 11.8. The molecule has 0 aliphatic heterocycles. The molecule has 0 bridgehead atoms. The summed E-state index contributed by atoms with van der Waals surface area (Å²) < 4.78 is 5.92. The van der Waals surface area contributed by atoms with Gasteiger partial charge in [-0.1, -0.05) is 29.3 Å². The third-order valence-electron chi connectivity index (χ3n) is 3.35. The van der Waals surface area contributed by atoms with Crippen LogP contribution in [0.4, 0.5) is 5.69 Å². The second-order valence-electron chi connectivity index (χ2n) is 5.09. The number of hydrogen-bond donors (Lipinski definition) is 1. The molecule has 0 radical (unpaired) electrons. The zero-order chi connectivity index (χ0) is 18.6. The van der Waals surface area contributed by atoms with Crippen LogP contribution in [-0.2, 0) is 4.79 Å². The molecule has 0 aliphatic carbocycles. The van der Waals surface area contributed by atoms with Crippen LogP contribution in [0, 0.1) is 18.3 Å². The molecule has 0 unspecified atom stereocenters. The molecule has 2 aromatic rings. The molecule has 128 valence electrons. The summed E-state index contributed by atoms with van der Waals surface area (Å²) in [5.41, 5.74) is 1.79. The number of carbonyl (C=O) groups is 1. The Bertz CT molecular complexity index is 905. The minimum Gasteiger partial charge on any atom is -0.495 e. The highest BCUT2D eigenvalue weighted by Gasteiger charge is 2.14. The smallest absolute Gasteiger partial charge is 0.266 e. The van der Waals surface area contributed by atoms with Gasteiger partial charge < -0.3 is 10.1 Å². The van der Waals surface area contributed by atoms with Crippen molar-refractivity contribution in [3.63, 3.8) is 0 Å². The summed E-state index contributed by atoms with van der Waals surface area (Å²) in [6, 6.07) is 10.3. The van der Waals surface area contributed by atoms with Gasteiger partial charge >= 0.3 is 0 Å². The van der Waals surface area contributed by atoms with Crippen molar-refractivity contribution < 1.29 is 9.53 Å². The van der Waals surface area contributed by atoms with E-state index in [2.05, 4.69) is 21.2 Å². The molecule has 0 heterocycles. The summed E-state index contributed by atoms with van der Waals surface area (Å²) in [5, 5.41) is 13.0. The normalized spacial score (nSPS) is 11.0. The van der Waals surface area contributed by atoms with Crippen LogP contribution < -0.4 is 10.1 Å². The molecule has 0 aromatic heterocycles. The largest absolute Gasteiger partial charge is 0.495 e. The minimum absolute atomic E-state index is 0.0909. The second-order valence-corrected chi connectivity index (χ2v) is 6.82. The molecular weight excluding hydrogens is 427 g/mol. The number of rotatable bonds is 4. The lowest BCUT2D eigenvalue weighted by molar-refractivity contribution is -0.112. The Kier molecular flexibility index (Phi) is 6.49. The fraction of sp³-hybridized carbons (Fsp3) is 0.111. The Labute approximate surface area is 164 Å². The van der Waals surface area contributed by atoms with Gasteiger partial charge in [0.2, 0.25) is 0 Å². The standard InChI is InChI=1S/C18H13BrCl2N2O2/c1-10-3-4-13(20)8-16(10)23-18(24)12(9-22)5-11-6-14(21)7-15(19)17(11)25-2/h3-8H,1-2H3,(H,23,24)/b12-5+. The molecule has 0 atom stereocenters. The van der Waals surface area contributed by atoms with Gasteiger partial charge in [-0.05, 0) is 58.8 Å². The molecule has 1 N–H and O–H groups in total. The lowest BCUT2D eigenvalue weighted by Gasteiger charge is -2.10. The summed E-state index contributed by atoms with van der Waals surface area (Å²) in [7, 11) is 1.49. The third-order valence-corrected chi connectivity index (χ3v) is 4.40. The number of hydrogen-bond acceptors (Lipinski definition) is 3. The Morgan fingerprint density at radius 3 is 2.64 bits per heavy atom. The minimum atomic E-state index is -0.550. The van der Waals surface area contributed by atoms with Crippen molar-refractivity contribution in [1.29, 1.82) is 5.26 Å². The second kappa shape index (κ2) is 8.39. The fourth-order valence-corrected chi connectivity index (χ4v) is 3.29. The maximum atomic E-state index is 12.5. The van der Waals surface area contributed by atoms with Crippen molar-refractivity contribution in [2.45, 2.75) is 6.92 Å². The molecule has 0 fully saturated rings. The van der Waals surface area contributed by atoms with Crippen LogP contribution in [0.2, 0.25) is 10.0 Å². The van der Waals surface area contributed by atoms with Crippen LogP contribution in [0.15, 0.2) is 40.4 Å². The van der Waals surface area contributed by atoms with E-state index >= 15 is 0 Å². The molecule has 2 rings (SSSR count). The van der Waals surface area contributed by atoms with Crippen molar-refractivity contribution in [3.05, 3.63) is 61.5 Å². The summed E-state index contributed by atoms with van der Waals surface area (Å²) >= 11 is 15.3. The van der Waals surface area contributed by atoms with Gasteiger partial charge in [0.1, 0.15) is 17.4 Å². The number of halogens is 3. The summed E-state index contributed by atoms with van der Waals surface area (Å²) in [6.07, 6.45) is 1.42. The molecule has 0 saturated heterocycles. The highest BCUT2D eigenvalue weighted by atomic mass is 79.9. The maximum Gasteiger partial charge on any atom is 0.266 e. The average molecular weight is 440 g/mol. The van der Waals surface area contributed by atoms with Crippen molar-refractivity contribution in [2.75, 3.05) is 12.4 Å². The molecule has 0 saturated carbocycles. The van der Waals surface area contributed by atoms with Crippen LogP contribution in [0.1, 0.15) is 11.1 Å². The lowest BCUT2D eigenvalue weighted by Crippen LogP contribution is -2.14. The predicted molar refractivity (Wildman–Crippen MR) is 104 cm³/mol. The quantitative estimate of drug-likeness (QED) is 0.496. The first-order valence-electron chi connectivity index (χ1n) is 7.08. The molecule has 25 heavy (non-hydrogen) atoms. The predicted octanol–water partition coefficient (Wildman–Crippen LogP) is 5.62. The van der Waals surface area contributed by atoms with E-state index in [0.717, 1.165) is 5.56 Å². The van der Waals surface area contributed by atoms with Crippen molar-refractivity contribution in [3.8, 4) is 11.8 Å². The first kappa shape index (κ1) is 19.3. The number of methoxy groups -OCH3 is 1. The van der Waals surface area contributed by atoms with Gasteiger partial charge in [-0.15, -0.1) is 0 Å². The first-order valence-corrected chi connectivity index (χ1v) is 8.63. The Hall–Kier alpha value is -2.00. The van der Waals surface area contributed by atoms with E-state index in [4.69, 9.17) is 27.9 Å². The van der Waals surface area contributed by atoms with Crippen LogP contribution in [0.25, 0.3) is 6.08 Å². The lowest BCUT2D eigenvalue weighted by atomic mass is 10.1. The molecular formula is C18H13BrCl2N2O2. The summed E-state index contributed by atoms with van der Waals surface area (Å²) in [6.45, 7) is 1.83. The Balaban J connectivity index is 2.40. The van der Waals surface area contributed by atoms with Gasteiger partial charge in [-0.25, -0.2) is 0 Å². The number of aryl methyl sites for hydroxylation is 1. The number of amides is 1. The molecule has 1 amide bonds. The van der Waals surface area contributed by atoms with Crippen molar-refractivity contribution in [1.82, 2.24) is 0 Å². The fourth-order valence-electron chi connectivity index (χ4n) is 2.13. The van der Waals surface area contributed by atoms with Crippen LogP contribution >= 0.6 is 39.1 Å². The number of ether oxygens (including phenoxy) is 1. The number of nitriles is 1. The van der Waals surface area contributed by atoms with Gasteiger partial charge in [0.25, 0.3) is 5.91 Å². The summed E-state index contributed by atoms with van der Waals surface area (Å²) in [5.74, 6) is -0.0742. The van der Waals surface area contributed by atoms with Crippen LogP contribution in [-0.4, -0.2) is 13.0 Å². The topological polar surface area (TPSA) is 62.1 Å². The zero-order valence-electron chi connectivity index (χ0n) is 13.4. The van der Waals surface area contributed by atoms with Gasteiger partial charge in [0.05, 0.1) is 11.6 Å². The van der Waals surface area contributed by atoms with E-state index in [1.807, 2.05) is 13.0 Å². The van der Waals surface area contributed by atoms with E-state index in [0.29, 0.717) is 31.5 Å². The van der Waals surface area contributed by atoms with Crippen molar-refractivity contribution >= 4 is 56.8 Å². The van der Waals surface area contributed by atoms with Gasteiger partial charge in [0, 0.05) is 21.3 Å². The van der Waals surface area contributed by atoms with E-state index in [1.54, 1.807) is 30.3 Å². The van der Waals surface area contributed by atoms with Gasteiger partial charge in [0.15, 0.2) is 0 Å². The zero-order valence-corrected chi connectivity index (χ0v) is 16.5. The van der Waals surface area contributed by atoms with E-state index in [1.165, 1.54) is 13.2 Å². The molecule has 0 spiro atoms.